The van der Waals surface area contributed by atoms with Crippen LogP contribution in [0.2, 0.25) is 0 Å². The minimum absolute atomic E-state index is 0.0638. The van der Waals surface area contributed by atoms with Gasteiger partial charge in [-0.2, -0.15) is 0 Å². The Morgan fingerprint density at radius 2 is 1.90 bits per heavy atom. The maximum Gasteiger partial charge on any atom is 0.0701 e. The van der Waals surface area contributed by atoms with Crippen LogP contribution in [0.5, 0.6) is 0 Å². The molecule has 0 saturated carbocycles. The minimum Gasteiger partial charge on any atom is -0.392 e. The number of aliphatic hydroxyl groups is 1. The third-order valence-corrected chi connectivity index (χ3v) is 3.82. The molecule has 0 amide bonds. The normalized spacial score (nSPS) is 13.4. The van der Waals surface area contributed by atoms with Gasteiger partial charge in [0, 0.05) is 30.0 Å². The molecule has 0 aromatic heterocycles. The first kappa shape index (κ1) is 13.0. The number of fused-ring (bicyclic) bond motifs is 1. The third kappa shape index (κ3) is 2.63. The van der Waals surface area contributed by atoms with Crippen molar-refractivity contribution in [3.63, 3.8) is 0 Å². The fourth-order valence-electron chi connectivity index (χ4n) is 2.75. The van der Waals surface area contributed by atoms with Crippen molar-refractivity contribution < 1.29 is 5.11 Å². The summed E-state index contributed by atoms with van der Waals surface area (Å²) in [6.07, 6.45) is 2.36. The highest BCUT2D eigenvalue weighted by molar-refractivity contribution is 5.61. The molecule has 2 aromatic carbocycles. The number of aryl methyl sites for hydroxylation is 1. The highest BCUT2D eigenvalue weighted by atomic mass is 16.3. The first-order valence-corrected chi connectivity index (χ1v) is 7.16. The zero-order valence-electron chi connectivity index (χ0n) is 11.5. The Hall–Kier alpha value is -2.00. The monoisotopic (exact) mass is 268 g/mol. The van der Waals surface area contributed by atoms with Crippen molar-refractivity contribution in [3.05, 3.63) is 59.2 Å². The van der Waals surface area contributed by atoms with Gasteiger partial charge in [0.05, 0.1) is 6.61 Å². The van der Waals surface area contributed by atoms with Crippen LogP contribution in [0.3, 0.4) is 0 Å². The summed E-state index contributed by atoms with van der Waals surface area (Å²) in [5, 5.41) is 16.3. The topological polar surface area (TPSA) is 44.3 Å². The molecule has 3 N–H and O–H groups in total. The Balaban J connectivity index is 1.79. The quantitative estimate of drug-likeness (QED) is 0.798. The molecule has 0 radical (unpaired) electrons. The van der Waals surface area contributed by atoms with Gasteiger partial charge >= 0.3 is 0 Å². The Labute approximate surface area is 119 Å². The molecule has 104 valence electrons. The number of benzene rings is 2. The van der Waals surface area contributed by atoms with Crippen molar-refractivity contribution in [2.75, 3.05) is 17.2 Å². The molecule has 0 fully saturated rings. The van der Waals surface area contributed by atoms with E-state index in [-0.39, 0.29) is 6.61 Å². The molecule has 1 aliphatic heterocycles. The second kappa shape index (κ2) is 5.97. The smallest absolute Gasteiger partial charge is 0.0701 e. The predicted octanol–water partition coefficient (Wildman–Crippen LogP) is 3.15. The van der Waals surface area contributed by atoms with Gasteiger partial charge in [-0.25, -0.2) is 0 Å². The predicted molar refractivity (Wildman–Crippen MR) is 82.9 cm³/mol. The van der Waals surface area contributed by atoms with Crippen LogP contribution in [0, 0.1) is 0 Å². The van der Waals surface area contributed by atoms with Gasteiger partial charge in [-0.1, -0.05) is 36.4 Å². The van der Waals surface area contributed by atoms with E-state index in [0.717, 1.165) is 30.8 Å². The van der Waals surface area contributed by atoms with Crippen LogP contribution >= 0.6 is 0 Å². The number of para-hydroxylation sites is 2. The van der Waals surface area contributed by atoms with Gasteiger partial charge in [-0.3, -0.25) is 0 Å². The maximum absolute atomic E-state index is 9.36. The van der Waals surface area contributed by atoms with Gasteiger partial charge in [-0.05, 0) is 30.0 Å². The number of aliphatic hydroxyl groups excluding tert-OH is 1. The number of hydrogen-bond donors (Lipinski definition) is 3. The lowest BCUT2D eigenvalue weighted by Gasteiger charge is -2.22. The summed E-state index contributed by atoms with van der Waals surface area (Å²) in [5.41, 5.74) is 5.92. The van der Waals surface area contributed by atoms with Crippen LogP contribution in [0.1, 0.15) is 23.1 Å². The largest absolute Gasteiger partial charge is 0.392 e. The Kier molecular flexibility index (Phi) is 3.88. The summed E-state index contributed by atoms with van der Waals surface area (Å²) in [5.74, 6) is 0. The van der Waals surface area contributed by atoms with Crippen molar-refractivity contribution in [1.29, 1.82) is 0 Å². The molecule has 2 aromatic rings. The van der Waals surface area contributed by atoms with Gasteiger partial charge in [0.15, 0.2) is 0 Å². The van der Waals surface area contributed by atoms with E-state index in [1.165, 1.54) is 23.2 Å². The molecule has 0 saturated heterocycles. The Morgan fingerprint density at radius 3 is 2.80 bits per heavy atom. The van der Waals surface area contributed by atoms with Gasteiger partial charge < -0.3 is 15.7 Å². The summed E-state index contributed by atoms with van der Waals surface area (Å²) >= 11 is 0. The highest BCUT2D eigenvalue weighted by Crippen LogP contribution is 2.27. The molecular formula is C17H20N2O. The second-order valence-electron chi connectivity index (χ2n) is 5.15. The van der Waals surface area contributed by atoms with Crippen LogP contribution in [0.25, 0.3) is 0 Å². The van der Waals surface area contributed by atoms with Crippen molar-refractivity contribution in [2.45, 2.75) is 26.0 Å². The fraction of sp³-hybridized carbons (Fsp3) is 0.294. The van der Waals surface area contributed by atoms with E-state index in [0.29, 0.717) is 0 Å². The van der Waals surface area contributed by atoms with Crippen LogP contribution in [-0.4, -0.2) is 11.7 Å². The summed E-state index contributed by atoms with van der Waals surface area (Å²) in [6, 6.07) is 14.4. The number of hydrogen-bond acceptors (Lipinski definition) is 3. The minimum atomic E-state index is 0.0638. The van der Waals surface area contributed by atoms with Crippen molar-refractivity contribution >= 4 is 11.4 Å². The molecule has 1 heterocycles. The summed E-state index contributed by atoms with van der Waals surface area (Å²) in [6.45, 7) is 1.89. The molecule has 0 unspecified atom stereocenters. The molecule has 3 rings (SSSR count). The average molecular weight is 268 g/mol. The van der Waals surface area contributed by atoms with E-state index >= 15 is 0 Å². The Bertz CT molecular complexity index is 595. The molecule has 0 atom stereocenters. The van der Waals surface area contributed by atoms with Gasteiger partial charge in [0.25, 0.3) is 0 Å². The van der Waals surface area contributed by atoms with Gasteiger partial charge in [-0.15, -0.1) is 0 Å². The lowest BCUT2D eigenvalue weighted by Crippen LogP contribution is -2.15. The first-order valence-electron chi connectivity index (χ1n) is 7.16. The maximum atomic E-state index is 9.36. The molecule has 0 spiro atoms. The average Bonchev–Trinajstić information content (AvgIpc) is 2.53. The van der Waals surface area contributed by atoms with Gasteiger partial charge in [0.2, 0.25) is 0 Å². The van der Waals surface area contributed by atoms with E-state index in [9.17, 15) is 5.11 Å². The number of nitrogens with one attached hydrogen (secondary N) is 2. The first-order chi connectivity index (χ1) is 9.88. The van der Waals surface area contributed by atoms with E-state index in [2.05, 4.69) is 28.8 Å². The molecule has 1 aliphatic rings. The zero-order chi connectivity index (χ0) is 13.8. The number of rotatable bonds is 4. The van der Waals surface area contributed by atoms with E-state index in [4.69, 9.17) is 0 Å². The van der Waals surface area contributed by atoms with Crippen molar-refractivity contribution in [1.82, 2.24) is 0 Å². The lowest BCUT2D eigenvalue weighted by atomic mass is 9.99. The highest BCUT2D eigenvalue weighted by Gasteiger charge is 2.12. The molecular weight excluding hydrogens is 248 g/mol. The number of anilines is 2. The van der Waals surface area contributed by atoms with Crippen LogP contribution < -0.4 is 10.6 Å². The van der Waals surface area contributed by atoms with Crippen LogP contribution in [0.4, 0.5) is 11.4 Å². The summed E-state index contributed by atoms with van der Waals surface area (Å²) in [4.78, 5) is 0. The molecule has 3 nitrogen and oxygen atoms in total. The van der Waals surface area contributed by atoms with Crippen molar-refractivity contribution in [3.8, 4) is 0 Å². The standard InChI is InChI=1S/C17H20N2O/c20-12-15-5-1-2-9-16(15)19-11-14-7-3-6-13-8-4-10-18-17(13)14/h1-3,5-7,9,18-20H,4,8,10-12H2. The summed E-state index contributed by atoms with van der Waals surface area (Å²) < 4.78 is 0. The second-order valence-corrected chi connectivity index (χ2v) is 5.15. The van der Waals surface area contributed by atoms with E-state index in [1.807, 2.05) is 24.3 Å². The SMILES string of the molecule is OCc1ccccc1NCc1cccc2c1NCCC2. The van der Waals surface area contributed by atoms with Crippen LogP contribution in [0.15, 0.2) is 42.5 Å². The third-order valence-electron chi connectivity index (χ3n) is 3.82. The molecule has 20 heavy (non-hydrogen) atoms. The lowest BCUT2D eigenvalue weighted by molar-refractivity contribution is 0.282. The Morgan fingerprint density at radius 1 is 1.05 bits per heavy atom. The molecule has 0 aliphatic carbocycles. The van der Waals surface area contributed by atoms with Crippen LogP contribution in [-0.2, 0) is 19.6 Å². The zero-order valence-corrected chi connectivity index (χ0v) is 11.5. The van der Waals surface area contributed by atoms with Gasteiger partial charge in [0.1, 0.15) is 0 Å². The molecule has 0 bridgehead atoms. The van der Waals surface area contributed by atoms with Crippen molar-refractivity contribution in [2.24, 2.45) is 0 Å². The van der Waals surface area contributed by atoms with E-state index < -0.39 is 0 Å². The van der Waals surface area contributed by atoms with E-state index in [1.54, 1.807) is 0 Å². The summed E-state index contributed by atoms with van der Waals surface area (Å²) in [7, 11) is 0. The molecule has 3 heteroatoms. The fourth-order valence-corrected chi connectivity index (χ4v) is 2.75.